The molecule has 3 rings (SSSR count). The van der Waals surface area contributed by atoms with Gasteiger partial charge in [-0.25, -0.2) is 4.98 Å². The van der Waals surface area contributed by atoms with Gasteiger partial charge in [0.25, 0.3) is 0 Å². The van der Waals surface area contributed by atoms with Gasteiger partial charge in [-0.15, -0.1) is 0 Å². The fourth-order valence-corrected chi connectivity index (χ4v) is 2.33. The number of carbonyl (C=O) groups is 1. The maximum absolute atomic E-state index is 12.6. The summed E-state index contributed by atoms with van der Waals surface area (Å²) in [5, 5.41) is 9.09. The third-order valence-corrected chi connectivity index (χ3v) is 3.49. The Kier molecular flexibility index (Phi) is 4.31. The van der Waals surface area contributed by atoms with Crippen LogP contribution < -0.4 is 0 Å². The van der Waals surface area contributed by atoms with Gasteiger partial charge in [0.1, 0.15) is 5.52 Å². The molecule has 1 N–H and O–H groups in total. The van der Waals surface area contributed by atoms with Crippen LogP contribution in [0.2, 0.25) is 0 Å². The third kappa shape index (κ3) is 3.88. The molecule has 0 spiro atoms. The number of alkyl halides is 3. The fourth-order valence-electron chi connectivity index (χ4n) is 2.33. The predicted molar refractivity (Wildman–Crippen MR) is 85.6 cm³/mol. The zero-order valence-electron chi connectivity index (χ0n) is 12.7. The summed E-state index contributed by atoms with van der Waals surface area (Å²) >= 11 is 0. The Morgan fingerprint density at radius 3 is 2.40 bits per heavy atom. The summed E-state index contributed by atoms with van der Waals surface area (Å²) < 4.78 is 43.4. The average Bonchev–Trinajstić information content (AvgIpc) is 2.97. The number of aromatic nitrogens is 1. The Labute approximate surface area is 140 Å². The predicted octanol–water partition coefficient (Wildman–Crippen LogP) is 4.86. The number of carboxylic acid groups (broad SMARTS) is 1. The lowest BCUT2D eigenvalue weighted by molar-refractivity contribution is -0.138. The topological polar surface area (TPSA) is 63.3 Å². The summed E-state index contributed by atoms with van der Waals surface area (Å²) in [7, 11) is 0. The molecule has 0 unspecified atom stereocenters. The molecule has 0 bridgehead atoms. The first-order valence-corrected chi connectivity index (χ1v) is 7.28. The van der Waals surface area contributed by atoms with Crippen molar-refractivity contribution in [2.75, 3.05) is 0 Å². The third-order valence-electron chi connectivity index (χ3n) is 3.49. The van der Waals surface area contributed by atoms with E-state index < -0.39 is 17.7 Å². The molecular weight excluding hydrogens is 335 g/mol. The molecule has 0 aliphatic carbocycles. The minimum Gasteiger partial charge on any atom is -0.481 e. The monoisotopic (exact) mass is 347 g/mol. The Balaban J connectivity index is 2.00. The molecule has 1 heterocycles. The zero-order valence-corrected chi connectivity index (χ0v) is 12.7. The van der Waals surface area contributed by atoms with E-state index in [0.29, 0.717) is 16.7 Å². The normalized spacial score (nSPS) is 12.5. The van der Waals surface area contributed by atoms with Gasteiger partial charge < -0.3 is 9.52 Å². The van der Waals surface area contributed by atoms with Crippen molar-refractivity contribution in [2.24, 2.45) is 0 Å². The number of aliphatic carboxylic acids is 1. The number of carboxylic acids is 1. The molecule has 25 heavy (non-hydrogen) atoms. The van der Waals surface area contributed by atoms with Gasteiger partial charge in [-0.05, 0) is 35.9 Å². The first-order valence-electron chi connectivity index (χ1n) is 7.28. The highest BCUT2D eigenvalue weighted by Gasteiger charge is 2.29. The van der Waals surface area contributed by atoms with Crippen molar-refractivity contribution in [2.45, 2.75) is 12.6 Å². The van der Waals surface area contributed by atoms with Crippen molar-refractivity contribution in [3.8, 4) is 0 Å². The van der Waals surface area contributed by atoms with Crippen molar-refractivity contribution in [3.63, 3.8) is 0 Å². The number of rotatable bonds is 4. The van der Waals surface area contributed by atoms with E-state index >= 15 is 0 Å². The van der Waals surface area contributed by atoms with Gasteiger partial charge in [0.05, 0.1) is 12.0 Å². The number of fused-ring (bicyclic) bond motifs is 1. The zero-order chi connectivity index (χ0) is 18.0. The van der Waals surface area contributed by atoms with Crippen LogP contribution in [0.25, 0.3) is 22.7 Å². The molecule has 4 nitrogen and oxygen atoms in total. The lowest BCUT2D eigenvalue weighted by Crippen LogP contribution is -2.04. The van der Waals surface area contributed by atoms with Crippen LogP contribution in [-0.4, -0.2) is 16.1 Å². The van der Waals surface area contributed by atoms with Crippen LogP contribution in [0.5, 0.6) is 0 Å². The fraction of sp³-hybridized carbons (Fsp3) is 0.111. The molecule has 0 fully saturated rings. The van der Waals surface area contributed by atoms with E-state index in [0.717, 1.165) is 12.1 Å². The number of para-hydroxylation sites is 2. The van der Waals surface area contributed by atoms with E-state index in [2.05, 4.69) is 4.98 Å². The molecule has 128 valence electrons. The highest BCUT2D eigenvalue weighted by atomic mass is 19.4. The molecule has 0 radical (unpaired) electrons. The second-order valence-corrected chi connectivity index (χ2v) is 5.35. The minimum atomic E-state index is -4.42. The molecule has 0 amide bonds. The van der Waals surface area contributed by atoms with Gasteiger partial charge in [0, 0.05) is 5.57 Å². The first kappa shape index (κ1) is 16.8. The summed E-state index contributed by atoms with van der Waals surface area (Å²) in [6, 6.07) is 11.4. The summed E-state index contributed by atoms with van der Waals surface area (Å²) in [5.41, 5.74) is 0.990. The van der Waals surface area contributed by atoms with Crippen LogP contribution in [0.15, 0.2) is 52.9 Å². The van der Waals surface area contributed by atoms with Gasteiger partial charge in [0.2, 0.25) is 5.89 Å². The summed E-state index contributed by atoms with van der Waals surface area (Å²) in [4.78, 5) is 15.4. The van der Waals surface area contributed by atoms with E-state index in [9.17, 15) is 18.0 Å². The molecule has 2 aromatic carbocycles. The number of nitrogens with zero attached hydrogens (tertiary/aromatic N) is 1. The summed E-state index contributed by atoms with van der Waals surface area (Å²) in [6.45, 7) is 0. The Morgan fingerprint density at radius 1 is 1.12 bits per heavy atom. The van der Waals surface area contributed by atoms with Crippen LogP contribution in [0.1, 0.15) is 23.4 Å². The SMILES string of the molecule is O=C(O)C/C(=C\c1ccc(C(F)(F)F)cc1)c1nc2ccccc2o1. The second-order valence-electron chi connectivity index (χ2n) is 5.35. The van der Waals surface area contributed by atoms with E-state index in [1.54, 1.807) is 24.3 Å². The van der Waals surface area contributed by atoms with Crippen LogP contribution in [0.3, 0.4) is 0 Å². The van der Waals surface area contributed by atoms with Gasteiger partial charge in [-0.3, -0.25) is 4.79 Å². The van der Waals surface area contributed by atoms with Crippen molar-refractivity contribution >= 4 is 28.7 Å². The quantitative estimate of drug-likeness (QED) is 0.732. The van der Waals surface area contributed by atoms with Gasteiger partial charge in [0.15, 0.2) is 5.58 Å². The maximum atomic E-state index is 12.6. The van der Waals surface area contributed by atoms with Gasteiger partial charge in [-0.2, -0.15) is 13.2 Å². The molecule has 0 saturated heterocycles. The number of hydrogen-bond acceptors (Lipinski definition) is 3. The van der Waals surface area contributed by atoms with Crippen LogP contribution in [-0.2, 0) is 11.0 Å². The van der Waals surface area contributed by atoms with Gasteiger partial charge >= 0.3 is 12.1 Å². The van der Waals surface area contributed by atoms with E-state index in [1.165, 1.54) is 18.2 Å². The molecule has 0 atom stereocenters. The number of halogens is 3. The van der Waals surface area contributed by atoms with Crippen LogP contribution >= 0.6 is 0 Å². The highest BCUT2D eigenvalue weighted by molar-refractivity contribution is 5.90. The lowest BCUT2D eigenvalue weighted by Gasteiger charge is -2.06. The highest BCUT2D eigenvalue weighted by Crippen LogP contribution is 2.30. The molecule has 7 heteroatoms. The summed E-state index contributed by atoms with van der Waals surface area (Å²) in [5.74, 6) is -0.969. The number of hydrogen-bond donors (Lipinski definition) is 1. The molecule has 3 aromatic rings. The first-order chi connectivity index (χ1) is 11.8. The molecule has 0 saturated carbocycles. The summed E-state index contributed by atoms with van der Waals surface area (Å²) in [6.07, 6.45) is -3.33. The Bertz CT molecular complexity index is 907. The number of oxazole rings is 1. The standard InChI is InChI=1S/C18H12F3NO3/c19-18(20,21)13-7-5-11(6-8-13)9-12(10-16(23)24)17-22-14-3-1-2-4-15(14)25-17/h1-9H,10H2,(H,23,24)/b12-9+. The van der Waals surface area contributed by atoms with Crippen molar-refractivity contribution < 1.29 is 27.5 Å². The van der Waals surface area contributed by atoms with Crippen molar-refractivity contribution in [3.05, 3.63) is 65.5 Å². The largest absolute Gasteiger partial charge is 0.481 e. The van der Waals surface area contributed by atoms with Crippen molar-refractivity contribution in [1.29, 1.82) is 0 Å². The van der Waals surface area contributed by atoms with E-state index in [1.807, 2.05) is 0 Å². The van der Waals surface area contributed by atoms with Gasteiger partial charge in [-0.1, -0.05) is 24.3 Å². The van der Waals surface area contributed by atoms with Crippen molar-refractivity contribution in [1.82, 2.24) is 4.98 Å². The molecular formula is C18H12F3NO3. The second kappa shape index (κ2) is 6.43. The minimum absolute atomic E-state index is 0.128. The smallest absolute Gasteiger partial charge is 0.416 e. The van der Waals surface area contributed by atoms with Crippen LogP contribution in [0.4, 0.5) is 13.2 Å². The molecule has 0 aliphatic heterocycles. The maximum Gasteiger partial charge on any atom is 0.416 e. The Morgan fingerprint density at radius 2 is 1.80 bits per heavy atom. The Hall–Kier alpha value is -3.09. The molecule has 0 aliphatic rings. The lowest BCUT2D eigenvalue weighted by atomic mass is 10.1. The number of benzene rings is 2. The van der Waals surface area contributed by atoms with Crippen LogP contribution in [0, 0.1) is 0 Å². The molecule has 1 aromatic heterocycles. The average molecular weight is 347 g/mol. The van der Waals surface area contributed by atoms with E-state index in [4.69, 9.17) is 9.52 Å². The van der Waals surface area contributed by atoms with E-state index in [-0.39, 0.29) is 17.9 Å².